The summed E-state index contributed by atoms with van der Waals surface area (Å²) < 4.78 is 4.93. The van der Waals surface area contributed by atoms with Crippen molar-refractivity contribution in [1.82, 2.24) is 20.3 Å². The molecule has 92 valence electrons. The zero-order valence-corrected chi connectivity index (χ0v) is 9.51. The highest BCUT2D eigenvalue weighted by molar-refractivity contribution is 5.77. The topological polar surface area (TPSA) is 106 Å². The molecule has 0 aliphatic carbocycles. The van der Waals surface area contributed by atoms with E-state index >= 15 is 0 Å². The van der Waals surface area contributed by atoms with Gasteiger partial charge in [-0.1, -0.05) is 0 Å². The summed E-state index contributed by atoms with van der Waals surface area (Å²) in [6.07, 6.45) is 0.411. The van der Waals surface area contributed by atoms with Gasteiger partial charge in [-0.25, -0.2) is 0 Å². The summed E-state index contributed by atoms with van der Waals surface area (Å²) in [6.45, 7) is 1.75. The highest BCUT2D eigenvalue weighted by atomic mass is 16.5. The van der Waals surface area contributed by atoms with Gasteiger partial charge in [0.2, 0.25) is 17.8 Å². The number of ether oxygens (including phenoxy) is 1. The van der Waals surface area contributed by atoms with Crippen LogP contribution in [-0.4, -0.2) is 47.6 Å². The van der Waals surface area contributed by atoms with Crippen LogP contribution in [0.3, 0.4) is 0 Å². The van der Waals surface area contributed by atoms with Crippen molar-refractivity contribution in [2.75, 3.05) is 37.4 Å². The van der Waals surface area contributed by atoms with Crippen molar-refractivity contribution in [2.45, 2.75) is 6.42 Å². The molecule has 0 bridgehead atoms. The maximum absolute atomic E-state index is 11.2. The highest BCUT2D eigenvalue weighted by Crippen LogP contribution is 2.13. The Morgan fingerprint density at radius 3 is 2.94 bits per heavy atom. The minimum atomic E-state index is 0.0292. The van der Waals surface area contributed by atoms with Crippen LogP contribution in [-0.2, 0) is 4.79 Å². The molecule has 1 amide bonds. The van der Waals surface area contributed by atoms with E-state index in [9.17, 15) is 4.79 Å². The molecule has 17 heavy (non-hydrogen) atoms. The lowest BCUT2D eigenvalue weighted by atomic mass is 10.4. The van der Waals surface area contributed by atoms with Gasteiger partial charge in [0.05, 0.1) is 7.11 Å². The van der Waals surface area contributed by atoms with E-state index in [4.69, 9.17) is 10.5 Å². The number of amides is 1. The summed E-state index contributed by atoms with van der Waals surface area (Å²) in [5, 5.41) is 2.77. The van der Waals surface area contributed by atoms with Crippen LogP contribution in [0.4, 0.5) is 11.9 Å². The summed E-state index contributed by atoms with van der Waals surface area (Å²) in [5.41, 5.74) is 5.56. The van der Waals surface area contributed by atoms with Crippen LogP contribution in [0.15, 0.2) is 0 Å². The SMILES string of the molecule is COc1nc(N)nc(N2CCNC(=O)CC2)n1. The van der Waals surface area contributed by atoms with Crippen molar-refractivity contribution in [3.63, 3.8) is 0 Å². The molecule has 1 aliphatic heterocycles. The fourth-order valence-electron chi connectivity index (χ4n) is 1.56. The van der Waals surface area contributed by atoms with Gasteiger partial charge in [-0.2, -0.15) is 15.0 Å². The minimum absolute atomic E-state index is 0.0292. The van der Waals surface area contributed by atoms with Crippen LogP contribution < -0.4 is 20.7 Å². The molecule has 2 heterocycles. The molecule has 1 fully saturated rings. The quantitative estimate of drug-likeness (QED) is 0.665. The lowest BCUT2D eigenvalue weighted by molar-refractivity contribution is -0.120. The van der Waals surface area contributed by atoms with Gasteiger partial charge in [0, 0.05) is 26.1 Å². The molecule has 8 nitrogen and oxygen atoms in total. The Morgan fingerprint density at radius 1 is 1.35 bits per heavy atom. The molecule has 8 heteroatoms. The predicted octanol–water partition coefficient (Wildman–Crippen LogP) is -1.21. The Bertz CT molecular complexity index is 424. The van der Waals surface area contributed by atoms with Crippen LogP contribution >= 0.6 is 0 Å². The lowest BCUT2D eigenvalue weighted by Gasteiger charge is -2.19. The molecule has 1 saturated heterocycles. The molecule has 2 rings (SSSR count). The summed E-state index contributed by atoms with van der Waals surface area (Å²) in [4.78, 5) is 25.0. The van der Waals surface area contributed by atoms with Crippen molar-refractivity contribution in [3.05, 3.63) is 0 Å². The van der Waals surface area contributed by atoms with Crippen LogP contribution in [0.1, 0.15) is 6.42 Å². The first-order valence-electron chi connectivity index (χ1n) is 5.26. The number of rotatable bonds is 2. The van der Waals surface area contributed by atoms with E-state index < -0.39 is 0 Å². The molecule has 1 aromatic rings. The normalized spacial score (nSPS) is 16.3. The van der Waals surface area contributed by atoms with Crippen LogP contribution in [0.25, 0.3) is 0 Å². The number of methoxy groups -OCH3 is 1. The second-order valence-electron chi connectivity index (χ2n) is 3.57. The Hall–Kier alpha value is -2.12. The molecule has 0 unspecified atom stereocenters. The van der Waals surface area contributed by atoms with Crippen molar-refractivity contribution in [2.24, 2.45) is 0 Å². The van der Waals surface area contributed by atoms with E-state index in [1.54, 1.807) is 0 Å². The lowest BCUT2D eigenvalue weighted by Crippen LogP contribution is -2.30. The molecule has 0 saturated carbocycles. The third-order valence-corrected chi connectivity index (χ3v) is 2.40. The van der Waals surface area contributed by atoms with Crippen LogP contribution in [0.2, 0.25) is 0 Å². The van der Waals surface area contributed by atoms with Crippen LogP contribution in [0, 0.1) is 0 Å². The fourth-order valence-corrected chi connectivity index (χ4v) is 1.56. The van der Waals surface area contributed by atoms with Gasteiger partial charge < -0.3 is 20.7 Å². The first kappa shape index (κ1) is 11.4. The number of nitrogen functional groups attached to an aromatic ring is 1. The number of hydrogen-bond donors (Lipinski definition) is 2. The summed E-state index contributed by atoms with van der Waals surface area (Å²) in [6, 6.07) is 0.177. The maximum Gasteiger partial charge on any atom is 0.322 e. The summed E-state index contributed by atoms with van der Waals surface area (Å²) in [7, 11) is 1.46. The third-order valence-electron chi connectivity index (χ3n) is 2.40. The highest BCUT2D eigenvalue weighted by Gasteiger charge is 2.17. The number of carbonyl (C=O) groups is 1. The Labute approximate surface area is 98.2 Å². The number of anilines is 2. The van der Waals surface area contributed by atoms with E-state index in [0.717, 1.165) is 0 Å². The van der Waals surface area contributed by atoms with Crippen LogP contribution in [0.5, 0.6) is 6.01 Å². The number of aromatic nitrogens is 3. The second-order valence-corrected chi connectivity index (χ2v) is 3.57. The Morgan fingerprint density at radius 2 is 2.18 bits per heavy atom. The molecular formula is C9H14N6O2. The van der Waals surface area contributed by atoms with Gasteiger partial charge in [-0.15, -0.1) is 0 Å². The standard InChI is InChI=1S/C9H14N6O2/c1-17-9-13-7(10)12-8(14-9)15-4-2-6(16)11-3-5-15/h2-5H2,1H3,(H,11,16)(H2,10,12,13,14). The van der Waals surface area contributed by atoms with Gasteiger partial charge in [-0.05, 0) is 0 Å². The Balaban J connectivity index is 2.20. The second kappa shape index (κ2) is 4.81. The fraction of sp³-hybridized carbons (Fsp3) is 0.556. The summed E-state index contributed by atoms with van der Waals surface area (Å²) >= 11 is 0. The number of nitrogens with zero attached hydrogens (tertiary/aromatic N) is 4. The number of nitrogens with two attached hydrogens (primary N) is 1. The van der Waals surface area contributed by atoms with E-state index in [1.807, 2.05) is 4.90 Å². The van der Waals surface area contributed by atoms with Crippen molar-refractivity contribution in [1.29, 1.82) is 0 Å². The Kier molecular flexibility index (Phi) is 3.22. The molecule has 0 radical (unpaired) electrons. The average molecular weight is 238 g/mol. The number of carbonyl (C=O) groups excluding carboxylic acids is 1. The van der Waals surface area contributed by atoms with E-state index in [-0.39, 0.29) is 17.9 Å². The van der Waals surface area contributed by atoms with E-state index in [0.29, 0.717) is 32.0 Å². The van der Waals surface area contributed by atoms with Crippen molar-refractivity contribution >= 4 is 17.8 Å². The molecule has 0 spiro atoms. The molecular weight excluding hydrogens is 224 g/mol. The largest absolute Gasteiger partial charge is 0.467 e. The number of hydrogen-bond acceptors (Lipinski definition) is 7. The van der Waals surface area contributed by atoms with E-state index in [1.165, 1.54) is 7.11 Å². The first-order chi connectivity index (χ1) is 8.19. The smallest absolute Gasteiger partial charge is 0.322 e. The zero-order chi connectivity index (χ0) is 12.3. The van der Waals surface area contributed by atoms with Crippen molar-refractivity contribution < 1.29 is 9.53 Å². The van der Waals surface area contributed by atoms with Gasteiger partial charge in [0.1, 0.15) is 0 Å². The maximum atomic E-state index is 11.2. The van der Waals surface area contributed by atoms with Gasteiger partial charge >= 0.3 is 6.01 Å². The van der Waals surface area contributed by atoms with Gasteiger partial charge in [-0.3, -0.25) is 4.79 Å². The molecule has 0 aromatic carbocycles. The molecule has 0 atom stereocenters. The monoisotopic (exact) mass is 238 g/mol. The van der Waals surface area contributed by atoms with Crippen molar-refractivity contribution in [3.8, 4) is 6.01 Å². The molecule has 1 aliphatic rings. The average Bonchev–Trinajstić information content (AvgIpc) is 2.53. The first-order valence-corrected chi connectivity index (χ1v) is 5.26. The zero-order valence-electron chi connectivity index (χ0n) is 9.51. The van der Waals surface area contributed by atoms with Gasteiger partial charge in [0.15, 0.2) is 0 Å². The predicted molar refractivity (Wildman–Crippen MR) is 60.6 cm³/mol. The minimum Gasteiger partial charge on any atom is -0.467 e. The van der Waals surface area contributed by atoms with E-state index in [2.05, 4.69) is 20.3 Å². The van der Waals surface area contributed by atoms with Gasteiger partial charge in [0.25, 0.3) is 0 Å². The molecule has 3 N–H and O–H groups in total. The third kappa shape index (κ3) is 2.71. The number of nitrogens with one attached hydrogen (secondary N) is 1. The summed E-state index contributed by atoms with van der Waals surface area (Å²) in [5.74, 6) is 0.572. The molecule has 1 aromatic heterocycles.